The van der Waals surface area contributed by atoms with E-state index in [1.807, 2.05) is 0 Å². The molecule has 1 amide bonds. The first kappa shape index (κ1) is 13.5. The fourth-order valence-corrected chi connectivity index (χ4v) is 2.50. The van der Waals surface area contributed by atoms with Crippen molar-refractivity contribution in [2.45, 2.75) is 19.3 Å². The van der Waals surface area contributed by atoms with Crippen LogP contribution in [-0.2, 0) is 0 Å². The summed E-state index contributed by atoms with van der Waals surface area (Å²) in [7, 11) is 0. The lowest BCUT2D eigenvalue weighted by Gasteiger charge is -2.15. The highest BCUT2D eigenvalue weighted by atomic mass is 79.9. The largest absolute Gasteiger partial charge is 0.396 e. The Morgan fingerprint density at radius 2 is 2.22 bits per heavy atom. The Hall–Kier alpha value is -0.940. The number of rotatable bonds is 5. The van der Waals surface area contributed by atoms with Crippen molar-refractivity contribution in [1.29, 1.82) is 0 Å². The Kier molecular flexibility index (Phi) is 4.02. The Morgan fingerprint density at radius 3 is 2.78 bits per heavy atom. The highest BCUT2D eigenvalue weighted by Crippen LogP contribution is 2.47. The molecule has 2 N–H and O–H groups in total. The van der Waals surface area contributed by atoms with E-state index >= 15 is 0 Å². The van der Waals surface area contributed by atoms with Crippen molar-refractivity contribution in [2.75, 3.05) is 13.2 Å². The maximum Gasteiger partial charge on any atom is 0.252 e. The lowest BCUT2D eigenvalue weighted by atomic mass is 10.0. The zero-order chi connectivity index (χ0) is 13.2. The molecular weight excluding hydrogens is 301 g/mol. The van der Waals surface area contributed by atoms with Crippen molar-refractivity contribution in [2.24, 2.45) is 5.41 Å². The monoisotopic (exact) mass is 315 g/mol. The average molecular weight is 316 g/mol. The molecule has 1 aliphatic carbocycles. The Morgan fingerprint density at radius 1 is 1.50 bits per heavy atom. The molecule has 0 heterocycles. The molecule has 0 spiro atoms. The molecule has 98 valence electrons. The molecule has 0 aromatic heterocycles. The van der Waals surface area contributed by atoms with Gasteiger partial charge in [-0.25, -0.2) is 4.39 Å². The molecule has 0 saturated heterocycles. The van der Waals surface area contributed by atoms with Crippen LogP contribution in [0.4, 0.5) is 4.39 Å². The number of amides is 1. The second-order valence-electron chi connectivity index (χ2n) is 4.78. The number of halogens is 2. The van der Waals surface area contributed by atoms with Crippen LogP contribution in [0.25, 0.3) is 0 Å². The van der Waals surface area contributed by atoms with Crippen LogP contribution < -0.4 is 5.32 Å². The lowest BCUT2D eigenvalue weighted by molar-refractivity contribution is 0.0940. The Bertz CT molecular complexity index is 460. The number of benzene rings is 1. The van der Waals surface area contributed by atoms with E-state index in [2.05, 4.69) is 21.2 Å². The molecule has 1 fully saturated rings. The minimum Gasteiger partial charge on any atom is -0.396 e. The maximum atomic E-state index is 12.9. The molecule has 3 nitrogen and oxygen atoms in total. The zero-order valence-electron chi connectivity index (χ0n) is 9.88. The molecule has 1 aliphatic rings. The number of hydrogen-bond acceptors (Lipinski definition) is 2. The number of aliphatic hydroxyl groups excluding tert-OH is 1. The third-order valence-electron chi connectivity index (χ3n) is 3.40. The van der Waals surface area contributed by atoms with Gasteiger partial charge in [-0.05, 0) is 58.8 Å². The van der Waals surface area contributed by atoms with Crippen molar-refractivity contribution >= 4 is 21.8 Å². The standard InChI is InChI=1S/C13H15BrFNO2/c14-11-7-9(15)1-2-10(11)12(18)16-8-13(3-4-13)5-6-17/h1-2,7,17H,3-6,8H2,(H,16,18). The van der Waals surface area contributed by atoms with Crippen molar-refractivity contribution in [1.82, 2.24) is 5.32 Å². The quantitative estimate of drug-likeness (QED) is 0.877. The second-order valence-corrected chi connectivity index (χ2v) is 5.63. The number of carbonyl (C=O) groups is 1. The fourth-order valence-electron chi connectivity index (χ4n) is 1.97. The van der Waals surface area contributed by atoms with E-state index in [0.717, 1.165) is 19.3 Å². The van der Waals surface area contributed by atoms with Crippen LogP contribution in [0.2, 0.25) is 0 Å². The minimum absolute atomic E-state index is 0.0803. The summed E-state index contributed by atoms with van der Waals surface area (Å²) < 4.78 is 13.4. The normalized spacial score (nSPS) is 16.4. The number of hydrogen-bond donors (Lipinski definition) is 2. The molecule has 18 heavy (non-hydrogen) atoms. The third-order valence-corrected chi connectivity index (χ3v) is 4.06. The Labute approximate surface area is 114 Å². The predicted octanol–water partition coefficient (Wildman–Crippen LogP) is 2.48. The first-order chi connectivity index (χ1) is 8.56. The smallest absolute Gasteiger partial charge is 0.252 e. The Balaban J connectivity index is 1.96. The molecule has 0 unspecified atom stereocenters. The van der Waals surface area contributed by atoms with Gasteiger partial charge in [0.15, 0.2) is 0 Å². The summed E-state index contributed by atoms with van der Waals surface area (Å²) in [6.45, 7) is 0.715. The van der Waals surface area contributed by atoms with Gasteiger partial charge in [-0.3, -0.25) is 4.79 Å². The van der Waals surface area contributed by atoms with Crippen LogP contribution in [0.5, 0.6) is 0 Å². The number of carbonyl (C=O) groups excluding carboxylic acids is 1. The summed E-state index contributed by atoms with van der Waals surface area (Å²) in [4.78, 5) is 11.9. The van der Waals surface area contributed by atoms with Gasteiger partial charge in [-0.15, -0.1) is 0 Å². The van der Waals surface area contributed by atoms with Crippen LogP contribution in [0, 0.1) is 11.2 Å². The molecule has 0 bridgehead atoms. The third kappa shape index (κ3) is 3.09. The first-order valence-corrected chi connectivity index (χ1v) is 6.70. The van der Waals surface area contributed by atoms with Gasteiger partial charge in [0.1, 0.15) is 5.82 Å². The summed E-state index contributed by atoms with van der Waals surface area (Å²) >= 11 is 3.17. The predicted molar refractivity (Wildman–Crippen MR) is 69.8 cm³/mol. The van der Waals surface area contributed by atoms with Gasteiger partial charge < -0.3 is 10.4 Å². The summed E-state index contributed by atoms with van der Waals surface area (Å²) in [5, 5.41) is 11.8. The van der Waals surface area contributed by atoms with Crippen LogP contribution >= 0.6 is 15.9 Å². The van der Waals surface area contributed by atoms with E-state index in [9.17, 15) is 9.18 Å². The van der Waals surface area contributed by atoms with Gasteiger partial charge in [0.25, 0.3) is 5.91 Å². The van der Waals surface area contributed by atoms with Gasteiger partial charge in [0, 0.05) is 17.6 Å². The van der Waals surface area contributed by atoms with Gasteiger partial charge in [0.2, 0.25) is 0 Å². The number of nitrogens with one attached hydrogen (secondary N) is 1. The van der Waals surface area contributed by atoms with Crippen molar-refractivity contribution in [3.63, 3.8) is 0 Å². The fraction of sp³-hybridized carbons (Fsp3) is 0.462. The summed E-state index contributed by atoms with van der Waals surface area (Å²) in [5.41, 5.74) is 0.507. The lowest BCUT2D eigenvalue weighted by Crippen LogP contribution is -2.30. The van der Waals surface area contributed by atoms with Gasteiger partial charge >= 0.3 is 0 Å². The average Bonchev–Trinajstić information content (AvgIpc) is 3.07. The summed E-state index contributed by atoms with van der Waals surface area (Å²) in [6, 6.07) is 4.00. The van der Waals surface area contributed by atoms with Crippen LogP contribution in [0.15, 0.2) is 22.7 Å². The molecular formula is C13H15BrFNO2. The van der Waals surface area contributed by atoms with E-state index in [-0.39, 0.29) is 23.7 Å². The maximum absolute atomic E-state index is 12.9. The first-order valence-electron chi connectivity index (χ1n) is 5.90. The molecule has 1 aromatic rings. The molecule has 1 saturated carbocycles. The molecule has 0 radical (unpaired) electrons. The molecule has 0 aliphatic heterocycles. The molecule has 0 atom stereocenters. The van der Waals surface area contributed by atoms with E-state index in [0.29, 0.717) is 16.6 Å². The van der Waals surface area contributed by atoms with Gasteiger partial charge in [-0.1, -0.05) is 0 Å². The van der Waals surface area contributed by atoms with E-state index in [4.69, 9.17) is 5.11 Å². The van der Waals surface area contributed by atoms with Crippen molar-refractivity contribution in [3.8, 4) is 0 Å². The second kappa shape index (κ2) is 5.36. The topological polar surface area (TPSA) is 49.3 Å². The molecule has 5 heteroatoms. The SMILES string of the molecule is O=C(NCC1(CCO)CC1)c1ccc(F)cc1Br. The minimum atomic E-state index is -0.377. The zero-order valence-corrected chi connectivity index (χ0v) is 11.5. The number of aliphatic hydroxyl groups is 1. The van der Waals surface area contributed by atoms with Crippen molar-refractivity contribution in [3.05, 3.63) is 34.1 Å². The van der Waals surface area contributed by atoms with Crippen LogP contribution in [0.1, 0.15) is 29.6 Å². The van der Waals surface area contributed by atoms with Gasteiger partial charge in [-0.2, -0.15) is 0 Å². The summed E-state index contributed by atoms with van der Waals surface area (Å²) in [6.07, 6.45) is 2.80. The molecule has 1 aromatic carbocycles. The highest BCUT2D eigenvalue weighted by Gasteiger charge is 2.41. The van der Waals surface area contributed by atoms with E-state index in [1.165, 1.54) is 18.2 Å². The van der Waals surface area contributed by atoms with Gasteiger partial charge in [0.05, 0.1) is 5.56 Å². The molecule has 2 rings (SSSR count). The van der Waals surface area contributed by atoms with E-state index < -0.39 is 0 Å². The van der Waals surface area contributed by atoms with Crippen LogP contribution in [-0.4, -0.2) is 24.2 Å². The van der Waals surface area contributed by atoms with Crippen LogP contribution in [0.3, 0.4) is 0 Å². The highest BCUT2D eigenvalue weighted by molar-refractivity contribution is 9.10. The summed E-state index contributed by atoms with van der Waals surface area (Å²) in [5.74, 6) is -0.594. The van der Waals surface area contributed by atoms with Crippen molar-refractivity contribution < 1.29 is 14.3 Å². The van der Waals surface area contributed by atoms with E-state index in [1.54, 1.807) is 0 Å².